The predicted molar refractivity (Wildman–Crippen MR) is 221 cm³/mol. The SMILES string of the molecule is CC/C=C\CC(O)/C=C/C=C/C/C=C\C/C=C\C/C=C\CCC(=O)OC[C@H](COP(=O)(O)OCCN)OC(=O)CCCCCCCCCCCCCCC. The van der Waals surface area contributed by atoms with E-state index >= 15 is 0 Å². The Kier molecular flexibility index (Phi) is 36.8. The smallest absolute Gasteiger partial charge is 0.462 e. The highest BCUT2D eigenvalue weighted by molar-refractivity contribution is 7.47. The van der Waals surface area contributed by atoms with Crippen molar-refractivity contribution in [3.05, 3.63) is 72.9 Å². The third-order valence-corrected chi connectivity index (χ3v) is 9.18. The van der Waals surface area contributed by atoms with Crippen LogP contribution >= 0.6 is 7.82 Å². The van der Waals surface area contributed by atoms with Gasteiger partial charge in [-0.25, -0.2) is 4.57 Å². The number of aliphatic hydroxyl groups excluding tert-OH is 1. The molecule has 0 aliphatic rings. The molecule has 310 valence electrons. The number of hydrogen-bond acceptors (Lipinski definition) is 9. The number of allylic oxidation sites excluding steroid dienone is 10. The van der Waals surface area contributed by atoms with E-state index in [9.17, 15) is 24.2 Å². The van der Waals surface area contributed by atoms with Crippen LogP contribution in [-0.2, 0) is 32.7 Å². The fraction of sp³-hybridized carbons (Fsp3) is 0.674. The second-order valence-corrected chi connectivity index (χ2v) is 14.8. The fourth-order valence-electron chi connectivity index (χ4n) is 5.16. The van der Waals surface area contributed by atoms with Crippen LogP contribution < -0.4 is 5.73 Å². The summed E-state index contributed by atoms with van der Waals surface area (Å²) >= 11 is 0. The molecule has 11 heteroatoms. The Labute approximate surface area is 327 Å². The number of rotatable bonds is 37. The van der Waals surface area contributed by atoms with Crippen LogP contribution in [-0.4, -0.2) is 60.5 Å². The maximum absolute atomic E-state index is 12.5. The molecule has 0 bridgehead atoms. The zero-order valence-electron chi connectivity index (χ0n) is 33.5. The molecule has 0 fully saturated rings. The molecule has 0 saturated heterocycles. The van der Waals surface area contributed by atoms with E-state index in [1.165, 1.54) is 57.8 Å². The van der Waals surface area contributed by atoms with Gasteiger partial charge in [0.05, 0.1) is 19.3 Å². The Balaban J connectivity index is 4.35. The second-order valence-electron chi connectivity index (χ2n) is 13.3. The molecule has 54 heavy (non-hydrogen) atoms. The van der Waals surface area contributed by atoms with Gasteiger partial charge in [-0.05, 0) is 44.9 Å². The van der Waals surface area contributed by atoms with E-state index in [4.69, 9.17) is 24.3 Å². The molecule has 0 aromatic heterocycles. The molecule has 0 aromatic rings. The molecule has 3 atom stereocenters. The summed E-state index contributed by atoms with van der Waals surface area (Å²) in [6.07, 6.45) is 42.8. The Morgan fingerprint density at radius 1 is 0.667 bits per heavy atom. The molecule has 0 aliphatic carbocycles. The number of carbonyl (C=O) groups excluding carboxylic acids is 2. The molecule has 0 aromatic carbocycles. The lowest BCUT2D eigenvalue weighted by Gasteiger charge is -2.19. The molecule has 0 spiro atoms. The van der Waals surface area contributed by atoms with Crippen molar-refractivity contribution < 1.29 is 42.7 Å². The van der Waals surface area contributed by atoms with Crippen molar-refractivity contribution in [2.45, 2.75) is 161 Å². The van der Waals surface area contributed by atoms with Crippen molar-refractivity contribution >= 4 is 19.8 Å². The third kappa shape index (κ3) is 37.7. The average molecular weight is 780 g/mol. The van der Waals surface area contributed by atoms with E-state index in [-0.39, 0.29) is 32.6 Å². The van der Waals surface area contributed by atoms with E-state index < -0.39 is 38.6 Å². The zero-order valence-corrected chi connectivity index (χ0v) is 34.4. The lowest BCUT2D eigenvalue weighted by atomic mass is 10.0. The van der Waals surface area contributed by atoms with E-state index in [2.05, 4.69) is 38.2 Å². The summed E-state index contributed by atoms with van der Waals surface area (Å²) in [5, 5.41) is 9.82. The van der Waals surface area contributed by atoms with Crippen LogP contribution in [0.1, 0.15) is 149 Å². The zero-order chi connectivity index (χ0) is 39.8. The van der Waals surface area contributed by atoms with Gasteiger partial charge in [-0.1, -0.05) is 164 Å². The summed E-state index contributed by atoms with van der Waals surface area (Å²) in [7, 11) is -4.40. The van der Waals surface area contributed by atoms with Crippen molar-refractivity contribution in [3.63, 3.8) is 0 Å². The van der Waals surface area contributed by atoms with Crippen LogP contribution in [0, 0.1) is 0 Å². The highest BCUT2D eigenvalue weighted by Crippen LogP contribution is 2.43. The third-order valence-electron chi connectivity index (χ3n) is 8.20. The van der Waals surface area contributed by atoms with Crippen LogP contribution in [0.3, 0.4) is 0 Å². The summed E-state index contributed by atoms with van der Waals surface area (Å²) in [6, 6.07) is 0. The Morgan fingerprint density at radius 2 is 1.24 bits per heavy atom. The molecule has 0 saturated carbocycles. The number of unbranched alkanes of at least 4 members (excludes halogenated alkanes) is 12. The predicted octanol–water partition coefficient (Wildman–Crippen LogP) is 10.5. The molecule has 0 amide bonds. The molecule has 2 unspecified atom stereocenters. The van der Waals surface area contributed by atoms with Gasteiger partial charge < -0.3 is 25.2 Å². The fourth-order valence-corrected chi connectivity index (χ4v) is 5.92. The lowest BCUT2D eigenvalue weighted by molar-refractivity contribution is -0.161. The molecule has 0 rings (SSSR count). The molecular weight excluding hydrogens is 705 g/mol. The average Bonchev–Trinajstić information content (AvgIpc) is 3.15. The van der Waals surface area contributed by atoms with Gasteiger partial charge >= 0.3 is 19.8 Å². The number of nitrogens with two attached hydrogens (primary N) is 1. The minimum atomic E-state index is -4.40. The summed E-state index contributed by atoms with van der Waals surface area (Å²) in [5.41, 5.74) is 5.33. The van der Waals surface area contributed by atoms with Crippen LogP contribution in [0.5, 0.6) is 0 Å². The minimum absolute atomic E-state index is 0.0354. The Hall–Kier alpha value is -2.59. The van der Waals surface area contributed by atoms with Crippen LogP contribution in [0.2, 0.25) is 0 Å². The van der Waals surface area contributed by atoms with Gasteiger partial charge in [0.15, 0.2) is 6.10 Å². The van der Waals surface area contributed by atoms with Gasteiger partial charge in [-0.2, -0.15) is 0 Å². The van der Waals surface area contributed by atoms with Crippen LogP contribution in [0.4, 0.5) is 0 Å². The summed E-state index contributed by atoms with van der Waals surface area (Å²) in [5.74, 6) is -0.952. The topological polar surface area (TPSA) is 155 Å². The highest BCUT2D eigenvalue weighted by Gasteiger charge is 2.25. The summed E-state index contributed by atoms with van der Waals surface area (Å²) in [4.78, 5) is 34.7. The minimum Gasteiger partial charge on any atom is -0.462 e. The van der Waals surface area contributed by atoms with E-state index in [0.29, 0.717) is 19.3 Å². The first-order chi connectivity index (χ1) is 26.2. The molecule has 0 radical (unpaired) electrons. The summed E-state index contributed by atoms with van der Waals surface area (Å²) < 4.78 is 32.6. The van der Waals surface area contributed by atoms with Crippen molar-refractivity contribution in [1.29, 1.82) is 0 Å². The molecule has 0 heterocycles. The number of esters is 2. The van der Waals surface area contributed by atoms with Crippen molar-refractivity contribution in [2.24, 2.45) is 5.73 Å². The van der Waals surface area contributed by atoms with Crippen LogP contribution in [0.15, 0.2) is 72.9 Å². The molecule has 0 aliphatic heterocycles. The quantitative estimate of drug-likeness (QED) is 0.0182. The van der Waals surface area contributed by atoms with Gasteiger partial charge in [0.2, 0.25) is 0 Å². The number of hydrogen-bond donors (Lipinski definition) is 3. The van der Waals surface area contributed by atoms with Crippen molar-refractivity contribution in [1.82, 2.24) is 0 Å². The highest BCUT2D eigenvalue weighted by atomic mass is 31.2. The van der Waals surface area contributed by atoms with E-state index in [0.717, 1.165) is 44.9 Å². The first-order valence-electron chi connectivity index (χ1n) is 20.5. The first kappa shape index (κ1) is 51.4. The number of ether oxygens (including phenoxy) is 2. The number of phosphoric acid groups is 1. The normalized spacial score (nSPS) is 14.7. The van der Waals surface area contributed by atoms with Gasteiger partial charge in [0, 0.05) is 19.4 Å². The van der Waals surface area contributed by atoms with Crippen molar-refractivity contribution in [2.75, 3.05) is 26.4 Å². The molecular formula is C43H74NO9P. The number of carbonyl (C=O) groups is 2. The van der Waals surface area contributed by atoms with E-state index in [1.54, 1.807) is 6.08 Å². The van der Waals surface area contributed by atoms with Crippen molar-refractivity contribution in [3.8, 4) is 0 Å². The molecule has 10 nitrogen and oxygen atoms in total. The summed E-state index contributed by atoms with van der Waals surface area (Å²) in [6.45, 7) is 3.41. The second kappa shape index (κ2) is 38.7. The number of phosphoric ester groups is 1. The maximum Gasteiger partial charge on any atom is 0.472 e. The number of aliphatic hydroxyl groups is 1. The standard InChI is InChI=1S/C43H74NO9P/c1-3-5-7-8-9-10-11-13-18-21-24-27-31-35-43(47)53-41(39-52-54(48,49)51-37-36-44)38-50-42(46)34-30-26-23-20-17-15-12-14-16-19-22-25-29-33-40(45)32-28-6-4-2/h6,14-17,22-23,25-26,28-29,33,40-41,45H,3-5,7-13,18-21,24,27,30-32,34-39,44H2,1-2H3,(H,48,49)/b16-14-,17-15-,25-22+,26-23-,28-6-,33-29+/t40?,41-/m1/s1. The first-order valence-corrected chi connectivity index (χ1v) is 22.0. The van der Waals surface area contributed by atoms with Gasteiger partial charge in [-0.15, -0.1) is 0 Å². The van der Waals surface area contributed by atoms with Crippen LogP contribution in [0.25, 0.3) is 0 Å². The largest absolute Gasteiger partial charge is 0.472 e. The maximum atomic E-state index is 12.5. The Morgan fingerprint density at radius 3 is 1.83 bits per heavy atom. The van der Waals surface area contributed by atoms with Gasteiger partial charge in [-0.3, -0.25) is 18.6 Å². The van der Waals surface area contributed by atoms with Gasteiger partial charge in [0.25, 0.3) is 0 Å². The monoisotopic (exact) mass is 780 g/mol. The van der Waals surface area contributed by atoms with E-state index in [1.807, 2.05) is 42.5 Å². The van der Waals surface area contributed by atoms with Gasteiger partial charge in [0.1, 0.15) is 6.61 Å². The Bertz CT molecular complexity index is 1130. The molecule has 4 N–H and O–H groups in total. The lowest BCUT2D eigenvalue weighted by Crippen LogP contribution is -2.29.